The molecular formula is C23H32N2O2. The lowest BCUT2D eigenvalue weighted by Gasteiger charge is -2.34. The second kappa shape index (κ2) is 8.04. The first kappa shape index (κ1) is 18.5. The van der Waals surface area contributed by atoms with Crippen molar-refractivity contribution in [1.29, 1.82) is 0 Å². The van der Waals surface area contributed by atoms with Crippen LogP contribution in [0.1, 0.15) is 63.4 Å². The standard InChI is InChI=1S/C23H32N2O2/c26-21(24-20-9-5-2-6-10-20)23(13-14-23)22(27)25-15-11-19(12-16-25)17-18-7-3-1-4-8-18/h1,3-4,7-8,19-20H,2,5-6,9-17H2,(H,24,26). The number of likely N-dealkylation sites (tertiary alicyclic amines) is 1. The molecule has 4 heteroatoms. The van der Waals surface area contributed by atoms with Gasteiger partial charge in [0.15, 0.2) is 0 Å². The van der Waals surface area contributed by atoms with Gasteiger partial charge in [-0.15, -0.1) is 0 Å². The van der Waals surface area contributed by atoms with Gasteiger partial charge in [-0.2, -0.15) is 0 Å². The highest BCUT2D eigenvalue weighted by atomic mass is 16.2. The molecule has 0 spiro atoms. The van der Waals surface area contributed by atoms with E-state index in [4.69, 9.17) is 0 Å². The fourth-order valence-electron chi connectivity index (χ4n) is 4.82. The van der Waals surface area contributed by atoms with E-state index in [1.807, 2.05) is 4.90 Å². The van der Waals surface area contributed by atoms with E-state index in [1.165, 1.54) is 24.8 Å². The van der Waals surface area contributed by atoms with Gasteiger partial charge in [-0.3, -0.25) is 9.59 Å². The number of piperidine rings is 1. The molecule has 1 saturated heterocycles. The first-order valence-electron chi connectivity index (χ1n) is 10.8. The van der Waals surface area contributed by atoms with Gasteiger partial charge < -0.3 is 10.2 Å². The Morgan fingerprint density at radius 3 is 2.26 bits per heavy atom. The summed E-state index contributed by atoms with van der Waals surface area (Å²) in [4.78, 5) is 27.9. The molecule has 0 aromatic heterocycles. The number of hydrogen-bond donors (Lipinski definition) is 1. The minimum Gasteiger partial charge on any atom is -0.352 e. The molecule has 0 atom stereocenters. The first-order valence-corrected chi connectivity index (χ1v) is 10.8. The highest BCUT2D eigenvalue weighted by Crippen LogP contribution is 2.48. The maximum Gasteiger partial charge on any atom is 0.238 e. The number of rotatable bonds is 5. The molecular weight excluding hydrogens is 336 g/mol. The van der Waals surface area contributed by atoms with E-state index < -0.39 is 5.41 Å². The Hall–Kier alpha value is -1.84. The average molecular weight is 369 g/mol. The molecule has 0 radical (unpaired) electrons. The van der Waals surface area contributed by atoms with Crippen LogP contribution < -0.4 is 5.32 Å². The Kier molecular flexibility index (Phi) is 5.51. The van der Waals surface area contributed by atoms with Gasteiger partial charge in [-0.05, 0) is 56.4 Å². The lowest BCUT2D eigenvalue weighted by Crippen LogP contribution is -2.50. The Labute approximate surface area is 162 Å². The third-order valence-electron chi connectivity index (χ3n) is 6.80. The molecule has 4 nitrogen and oxygen atoms in total. The molecule has 1 aromatic carbocycles. The smallest absolute Gasteiger partial charge is 0.238 e. The fraction of sp³-hybridized carbons (Fsp3) is 0.652. The number of carbonyl (C=O) groups excluding carboxylic acids is 2. The molecule has 1 aromatic rings. The van der Waals surface area contributed by atoms with Crippen LogP contribution >= 0.6 is 0 Å². The van der Waals surface area contributed by atoms with Crippen LogP contribution in [0.4, 0.5) is 0 Å². The summed E-state index contributed by atoms with van der Waals surface area (Å²) in [5.74, 6) is 0.738. The van der Waals surface area contributed by atoms with Crippen molar-refractivity contribution >= 4 is 11.8 Å². The van der Waals surface area contributed by atoms with Crippen LogP contribution in [0.15, 0.2) is 30.3 Å². The minimum atomic E-state index is -0.732. The van der Waals surface area contributed by atoms with Gasteiger partial charge in [-0.25, -0.2) is 0 Å². The number of hydrogen-bond acceptors (Lipinski definition) is 2. The van der Waals surface area contributed by atoms with Crippen molar-refractivity contribution in [2.45, 2.75) is 70.3 Å². The largest absolute Gasteiger partial charge is 0.352 e. The summed E-state index contributed by atoms with van der Waals surface area (Å²) in [6, 6.07) is 10.9. The third-order valence-corrected chi connectivity index (χ3v) is 6.80. The van der Waals surface area contributed by atoms with E-state index in [9.17, 15) is 9.59 Å². The molecule has 2 amide bonds. The van der Waals surface area contributed by atoms with Gasteiger partial charge >= 0.3 is 0 Å². The van der Waals surface area contributed by atoms with Crippen molar-refractivity contribution in [3.8, 4) is 0 Å². The van der Waals surface area contributed by atoms with E-state index in [1.54, 1.807) is 0 Å². The monoisotopic (exact) mass is 368 g/mol. The molecule has 1 N–H and O–H groups in total. The van der Waals surface area contributed by atoms with Crippen molar-refractivity contribution < 1.29 is 9.59 Å². The Balaban J connectivity index is 1.29. The third kappa shape index (κ3) is 4.20. The SMILES string of the molecule is O=C(NC1CCCCC1)C1(C(=O)N2CCC(Cc3ccccc3)CC2)CC1. The number of carbonyl (C=O) groups is 2. The van der Waals surface area contributed by atoms with E-state index in [0.717, 1.165) is 58.0 Å². The Morgan fingerprint density at radius 1 is 0.963 bits per heavy atom. The average Bonchev–Trinajstić information content (AvgIpc) is 3.52. The molecule has 27 heavy (non-hydrogen) atoms. The van der Waals surface area contributed by atoms with Gasteiger partial charge in [0.2, 0.25) is 11.8 Å². The van der Waals surface area contributed by atoms with Crippen LogP contribution in [0.2, 0.25) is 0 Å². The summed E-state index contributed by atoms with van der Waals surface area (Å²) in [7, 11) is 0. The maximum atomic E-state index is 13.1. The zero-order valence-corrected chi connectivity index (χ0v) is 16.3. The zero-order valence-electron chi connectivity index (χ0n) is 16.3. The Bertz CT molecular complexity index is 654. The van der Waals surface area contributed by atoms with Crippen molar-refractivity contribution in [3.05, 3.63) is 35.9 Å². The van der Waals surface area contributed by atoms with Crippen molar-refractivity contribution in [1.82, 2.24) is 10.2 Å². The number of benzene rings is 1. The lowest BCUT2D eigenvalue weighted by molar-refractivity contribution is -0.145. The van der Waals surface area contributed by atoms with Crippen LogP contribution in [-0.4, -0.2) is 35.8 Å². The van der Waals surface area contributed by atoms with Gasteiger partial charge in [0, 0.05) is 19.1 Å². The predicted octanol–water partition coefficient (Wildman–Crippen LogP) is 3.70. The number of nitrogens with zero attached hydrogens (tertiary/aromatic N) is 1. The quantitative estimate of drug-likeness (QED) is 0.806. The van der Waals surface area contributed by atoms with Gasteiger partial charge in [0.1, 0.15) is 5.41 Å². The van der Waals surface area contributed by atoms with Crippen LogP contribution in [0, 0.1) is 11.3 Å². The van der Waals surface area contributed by atoms with Crippen LogP contribution in [0.5, 0.6) is 0 Å². The molecule has 3 aliphatic rings. The molecule has 1 heterocycles. The fourth-order valence-corrected chi connectivity index (χ4v) is 4.82. The molecule has 4 rings (SSSR count). The summed E-state index contributed by atoms with van der Waals surface area (Å²) >= 11 is 0. The molecule has 3 fully saturated rings. The van der Waals surface area contributed by atoms with Crippen LogP contribution in [0.3, 0.4) is 0 Å². The predicted molar refractivity (Wildman–Crippen MR) is 106 cm³/mol. The normalized spacial score (nSPS) is 23.0. The van der Waals surface area contributed by atoms with E-state index in [0.29, 0.717) is 5.92 Å². The van der Waals surface area contributed by atoms with E-state index >= 15 is 0 Å². The molecule has 146 valence electrons. The minimum absolute atomic E-state index is 0.00538. The first-order chi connectivity index (χ1) is 13.2. The van der Waals surface area contributed by atoms with Crippen LogP contribution in [-0.2, 0) is 16.0 Å². The second-order valence-electron chi connectivity index (χ2n) is 8.82. The van der Waals surface area contributed by atoms with E-state index in [2.05, 4.69) is 35.6 Å². The second-order valence-corrected chi connectivity index (χ2v) is 8.82. The number of nitrogens with one attached hydrogen (secondary N) is 1. The van der Waals surface area contributed by atoms with Crippen molar-refractivity contribution in [2.24, 2.45) is 11.3 Å². The van der Waals surface area contributed by atoms with Crippen molar-refractivity contribution in [2.75, 3.05) is 13.1 Å². The molecule has 0 unspecified atom stereocenters. The number of amides is 2. The van der Waals surface area contributed by atoms with Crippen LogP contribution in [0.25, 0.3) is 0 Å². The zero-order chi connectivity index (χ0) is 18.7. The molecule has 1 aliphatic heterocycles. The maximum absolute atomic E-state index is 13.1. The highest BCUT2D eigenvalue weighted by molar-refractivity contribution is 6.08. The highest BCUT2D eigenvalue weighted by Gasteiger charge is 2.58. The molecule has 0 bridgehead atoms. The Morgan fingerprint density at radius 2 is 1.63 bits per heavy atom. The summed E-state index contributed by atoms with van der Waals surface area (Å²) in [5, 5.41) is 3.20. The summed E-state index contributed by atoms with van der Waals surface area (Å²) in [6.07, 6.45) is 10.4. The van der Waals surface area contributed by atoms with Gasteiger partial charge in [-0.1, -0.05) is 49.6 Å². The lowest BCUT2D eigenvalue weighted by atomic mass is 9.89. The molecule has 2 aliphatic carbocycles. The van der Waals surface area contributed by atoms with Gasteiger partial charge in [0.05, 0.1) is 0 Å². The van der Waals surface area contributed by atoms with Crippen molar-refractivity contribution in [3.63, 3.8) is 0 Å². The summed E-state index contributed by atoms with van der Waals surface area (Å²) in [5.41, 5.74) is 0.650. The topological polar surface area (TPSA) is 49.4 Å². The summed E-state index contributed by atoms with van der Waals surface area (Å²) in [6.45, 7) is 1.60. The molecule has 2 saturated carbocycles. The van der Waals surface area contributed by atoms with Gasteiger partial charge in [0.25, 0.3) is 0 Å². The van der Waals surface area contributed by atoms with E-state index in [-0.39, 0.29) is 17.9 Å². The summed E-state index contributed by atoms with van der Waals surface area (Å²) < 4.78 is 0.